The van der Waals surface area contributed by atoms with E-state index in [-0.39, 0.29) is 24.3 Å². The van der Waals surface area contributed by atoms with E-state index in [0.717, 1.165) is 16.8 Å². The van der Waals surface area contributed by atoms with Crippen LogP contribution in [0.1, 0.15) is 29.7 Å². The van der Waals surface area contributed by atoms with Crippen molar-refractivity contribution in [3.8, 4) is 0 Å². The molecule has 1 N–H and O–H groups in total. The van der Waals surface area contributed by atoms with Gasteiger partial charge in [-0.05, 0) is 43.5 Å². The fraction of sp³-hybridized carbons (Fsp3) is 0.406. The highest BCUT2D eigenvalue weighted by atomic mass is 16.5. The third-order valence-corrected chi connectivity index (χ3v) is 9.04. The molecule has 0 aromatic heterocycles. The highest BCUT2D eigenvalue weighted by Gasteiger charge is 2.75. The van der Waals surface area contributed by atoms with E-state index in [9.17, 15) is 19.5 Å². The molecule has 4 heterocycles. The van der Waals surface area contributed by atoms with Crippen molar-refractivity contribution in [2.75, 3.05) is 31.6 Å². The number of aliphatic hydroxyl groups excluding tert-OH is 1. The molecule has 40 heavy (non-hydrogen) atoms. The van der Waals surface area contributed by atoms with Crippen molar-refractivity contribution in [2.45, 2.75) is 44.1 Å². The first-order chi connectivity index (χ1) is 19.1. The van der Waals surface area contributed by atoms with E-state index in [4.69, 9.17) is 4.74 Å². The lowest BCUT2D eigenvalue weighted by Crippen LogP contribution is -2.57. The number of nitrogens with zero attached hydrogens (tertiary/aromatic N) is 3. The Kier molecular flexibility index (Phi) is 6.23. The van der Waals surface area contributed by atoms with E-state index in [1.54, 1.807) is 16.8 Å². The maximum atomic E-state index is 14.8. The summed E-state index contributed by atoms with van der Waals surface area (Å²) in [5.74, 6) is -2.61. The van der Waals surface area contributed by atoms with Crippen LogP contribution in [0.15, 0.2) is 72.8 Å². The number of likely N-dealkylation sites (tertiary alicyclic amines) is 1. The Morgan fingerprint density at radius 1 is 0.950 bits per heavy atom. The van der Waals surface area contributed by atoms with E-state index < -0.39 is 35.1 Å². The summed E-state index contributed by atoms with van der Waals surface area (Å²) in [4.78, 5) is 48.0. The van der Waals surface area contributed by atoms with E-state index in [1.807, 2.05) is 93.6 Å². The molecule has 0 aliphatic carbocycles. The Morgan fingerprint density at radius 3 is 2.40 bits per heavy atom. The number of hydrogen-bond acceptors (Lipinski definition) is 5. The van der Waals surface area contributed by atoms with Crippen molar-refractivity contribution in [1.29, 1.82) is 0 Å². The van der Waals surface area contributed by atoms with Crippen molar-refractivity contribution < 1.29 is 24.2 Å². The monoisotopic (exact) mass is 541 g/mol. The van der Waals surface area contributed by atoms with Gasteiger partial charge >= 0.3 is 0 Å². The van der Waals surface area contributed by atoms with E-state index in [0.29, 0.717) is 18.7 Å². The molecular weight excluding hydrogens is 506 g/mol. The molecule has 4 aliphatic rings. The number of carbonyl (C=O) groups is 3. The van der Waals surface area contributed by atoms with Gasteiger partial charge in [0.2, 0.25) is 11.8 Å². The zero-order valence-corrected chi connectivity index (χ0v) is 23.3. The molecule has 0 bridgehead atoms. The second-order valence-electron chi connectivity index (χ2n) is 11.6. The van der Waals surface area contributed by atoms with Gasteiger partial charge in [-0.2, -0.15) is 0 Å². The van der Waals surface area contributed by atoms with Crippen LogP contribution in [0.4, 0.5) is 5.69 Å². The fourth-order valence-electron chi connectivity index (χ4n) is 7.17. The van der Waals surface area contributed by atoms with E-state index in [2.05, 4.69) is 0 Å². The van der Waals surface area contributed by atoms with Gasteiger partial charge < -0.3 is 24.5 Å². The molecule has 8 nitrogen and oxygen atoms in total. The minimum atomic E-state index is -1.39. The van der Waals surface area contributed by atoms with E-state index in [1.165, 1.54) is 4.90 Å². The average Bonchev–Trinajstić information content (AvgIpc) is 3.21. The van der Waals surface area contributed by atoms with Gasteiger partial charge in [-0.1, -0.05) is 66.8 Å². The van der Waals surface area contributed by atoms with Crippen molar-refractivity contribution in [2.24, 2.45) is 11.8 Å². The minimum absolute atomic E-state index is 0.194. The molecule has 2 aromatic rings. The molecule has 1 unspecified atom stereocenters. The maximum Gasteiger partial charge on any atom is 0.253 e. The lowest BCUT2D eigenvalue weighted by molar-refractivity contribution is -0.151. The van der Waals surface area contributed by atoms with Crippen LogP contribution in [0.25, 0.3) is 0 Å². The number of aliphatic hydroxyl groups is 1. The van der Waals surface area contributed by atoms with Gasteiger partial charge in [0.1, 0.15) is 11.6 Å². The van der Waals surface area contributed by atoms with Crippen molar-refractivity contribution in [3.63, 3.8) is 0 Å². The number of anilines is 1. The Morgan fingerprint density at radius 2 is 1.68 bits per heavy atom. The predicted octanol–water partition coefficient (Wildman–Crippen LogP) is 2.94. The third-order valence-electron chi connectivity index (χ3n) is 9.04. The van der Waals surface area contributed by atoms with Gasteiger partial charge in [-0.3, -0.25) is 14.4 Å². The zero-order valence-electron chi connectivity index (χ0n) is 23.3. The van der Waals surface area contributed by atoms with Gasteiger partial charge in [0.15, 0.2) is 0 Å². The Bertz CT molecular complexity index is 1440. The standard InChI is InChI=1S/C32H35N3O5/c1-20-12-13-21(2)23(18-20)34-17-9-15-32-26(25-28(37)33(4)16-8-14-31(25,3)40-32)29(38)35(27(32)30(34)39)24(19-36)22-10-6-5-7-11-22/h5-15,18,24-27,36H,16-17,19H2,1-4H3/t24-,25-,26+,27?,31+,32+/m1/s1. The molecule has 6 atom stereocenters. The van der Waals surface area contributed by atoms with Crippen molar-refractivity contribution >= 4 is 23.4 Å². The van der Waals surface area contributed by atoms with Gasteiger partial charge in [0, 0.05) is 25.8 Å². The van der Waals surface area contributed by atoms with Crippen LogP contribution in [-0.2, 0) is 19.1 Å². The molecule has 3 amide bonds. The molecule has 208 valence electrons. The van der Waals surface area contributed by atoms with Gasteiger partial charge in [-0.15, -0.1) is 0 Å². The smallest absolute Gasteiger partial charge is 0.253 e. The number of rotatable bonds is 4. The third kappa shape index (κ3) is 3.69. The largest absolute Gasteiger partial charge is 0.394 e. The number of benzene rings is 2. The van der Waals surface area contributed by atoms with Crippen LogP contribution in [0.5, 0.6) is 0 Å². The first-order valence-electron chi connectivity index (χ1n) is 13.8. The summed E-state index contributed by atoms with van der Waals surface area (Å²) in [6.45, 7) is 6.08. The van der Waals surface area contributed by atoms with Crippen LogP contribution >= 0.6 is 0 Å². The maximum absolute atomic E-state index is 14.8. The van der Waals surface area contributed by atoms with Crippen LogP contribution in [0.3, 0.4) is 0 Å². The fourth-order valence-corrected chi connectivity index (χ4v) is 7.17. The second kappa shape index (κ2) is 9.42. The molecule has 2 fully saturated rings. The van der Waals surface area contributed by atoms with Crippen LogP contribution in [0.2, 0.25) is 0 Å². The van der Waals surface area contributed by atoms with Crippen LogP contribution < -0.4 is 4.90 Å². The van der Waals surface area contributed by atoms with Gasteiger partial charge in [-0.25, -0.2) is 0 Å². The highest BCUT2D eigenvalue weighted by Crippen LogP contribution is 2.58. The van der Waals surface area contributed by atoms with Crippen molar-refractivity contribution in [1.82, 2.24) is 9.80 Å². The number of aryl methyl sites for hydroxylation is 2. The SMILES string of the molecule is Cc1ccc(C)c(N2CC=C[C@]34O[C@@]5(C)C=CCN(C)C(=O)[C@H]5[C@H]3C(=O)N([C@H](CO)c3ccccc3)C4C2=O)c1. The topological polar surface area (TPSA) is 90.4 Å². The Balaban J connectivity index is 1.56. The molecule has 4 aliphatic heterocycles. The summed E-state index contributed by atoms with van der Waals surface area (Å²) < 4.78 is 6.87. The number of fused-ring (bicyclic) bond motifs is 2. The molecule has 0 saturated carbocycles. The number of carbonyl (C=O) groups excluding carboxylic acids is 3. The molecule has 2 saturated heterocycles. The molecule has 0 radical (unpaired) electrons. The molecule has 8 heteroatoms. The summed E-state index contributed by atoms with van der Waals surface area (Å²) in [7, 11) is 1.72. The normalized spacial score (nSPS) is 32.1. The van der Waals surface area contributed by atoms with Crippen molar-refractivity contribution in [3.05, 3.63) is 89.5 Å². The van der Waals surface area contributed by atoms with Gasteiger partial charge in [0.05, 0.1) is 30.1 Å². The summed E-state index contributed by atoms with van der Waals surface area (Å²) in [6, 6.07) is 13.3. The summed E-state index contributed by atoms with van der Waals surface area (Å²) in [5.41, 5.74) is 0.947. The predicted molar refractivity (Wildman–Crippen MR) is 150 cm³/mol. The number of ether oxygens (including phenoxy) is 1. The first-order valence-corrected chi connectivity index (χ1v) is 13.8. The number of hydrogen-bond donors (Lipinski definition) is 1. The highest BCUT2D eigenvalue weighted by molar-refractivity contribution is 6.06. The second-order valence-corrected chi connectivity index (χ2v) is 11.6. The summed E-state index contributed by atoms with van der Waals surface area (Å²) >= 11 is 0. The first kappa shape index (κ1) is 26.5. The lowest BCUT2D eigenvalue weighted by Gasteiger charge is -2.40. The van der Waals surface area contributed by atoms with E-state index >= 15 is 0 Å². The minimum Gasteiger partial charge on any atom is -0.394 e. The Hall–Kier alpha value is -3.75. The molecule has 2 aromatic carbocycles. The average molecular weight is 542 g/mol. The van der Waals surface area contributed by atoms with Gasteiger partial charge in [0.25, 0.3) is 5.91 Å². The van der Waals surface area contributed by atoms with Crippen LogP contribution in [0, 0.1) is 25.7 Å². The quantitative estimate of drug-likeness (QED) is 0.602. The molecule has 6 rings (SSSR count). The number of likely N-dealkylation sites (N-methyl/N-ethyl adjacent to an activating group) is 1. The lowest BCUT2D eigenvalue weighted by atomic mass is 9.74. The summed E-state index contributed by atoms with van der Waals surface area (Å²) in [5, 5.41) is 10.7. The Labute approximate surface area is 234 Å². The van der Waals surface area contributed by atoms with Crippen LogP contribution in [-0.4, -0.2) is 76.6 Å². The summed E-state index contributed by atoms with van der Waals surface area (Å²) in [6.07, 6.45) is 7.47. The molecular formula is C32H35N3O5. The number of amides is 3. The molecule has 1 spiro atoms. The zero-order chi connectivity index (χ0) is 28.4.